The summed E-state index contributed by atoms with van der Waals surface area (Å²) in [7, 11) is 0. The van der Waals surface area contributed by atoms with Gasteiger partial charge >= 0.3 is 6.09 Å². The van der Waals surface area contributed by atoms with E-state index in [1.54, 1.807) is 26.8 Å². The first-order valence-corrected chi connectivity index (χ1v) is 8.51. The van der Waals surface area contributed by atoms with E-state index in [4.69, 9.17) is 21.6 Å². The predicted octanol–water partition coefficient (Wildman–Crippen LogP) is 4.24. The van der Waals surface area contributed by atoms with E-state index in [1.165, 1.54) is 0 Å². The second-order valence-corrected chi connectivity index (χ2v) is 6.95. The molecule has 0 bridgehead atoms. The quantitative estimate of drug-likeness (QED) is 0.731. The molecule has 1 aromatic heterocycles. The lowest BCUT2D eigenvalue weighted by Crippen LogP contribution is -2.48. The number of nitrogens with one attached hydrogen (secondary N) is 2. The highest BCUT2D eigenvalue weighted by Gasteiger charge is 2.25. The highest BCUT2D eigenvalue weighted by molar-refractivity contribution is 6.30. The molecule has 0 aliphatic heterocycles. The minimum atomic E-state index is -0.675. The summed E-state index contributed by atoms with van der Waals surface area (Å²) < 4.78 is 19.4. The molecule has 1 aromatic rings. The third kappa shape index (κ3) is 6.39. The summed E-state index contributed by atoms with van der Waals surface area (Å²) in [4.78, 5) is 15.9. The molecule has 0 radical (unpaired) electrons. The third-order valence-corrected chi connectivity index (χ3v) is 3.73. The summed E-state index contributed by atoms with van der Waals surface area (Å²) in [5.74, 6) is -0.730. The zero-order valence-corrected chi connectivity index (χ0v) is 15.9. The minimum absolute atomic E-state index is 0.0308. The maximum Gasteiger partial charge on any atom is 0.407 e. The van der Waals surface area contributed by atoms with E-state index < -0.39 is 17.5 Å². The van der Waals surface area contributed by atoms with Gasteiger partial charge < -0.3 is 15.4 Å². The highest BCUT2D eigenvalue weighted by Crippen LogP contribution is 2.22. The fourth-order valence-electron chi connectivity index (χ4n) is 2.25. The van der Waals surface area contributed by atoms with Gasteiger partial charge in [0.25, 0.3) is 0 Å². The van der Waals surface area contributed by atoms with Crippen LogP contribution < -0.4 is 10.6 Å². The van der Waals surface area contributed by atoms with Crippen LogP contribution in [0.3, 0.4) is 0 Å². The standard InChI is InChI=1S/C17H24ClFN4O2/c1-6-12(13(7-2)22-16(24)25-17(3,4)5)21-15-11(19)8-10(9-20)14(18)23-15/h8,12-13H,6-7H2,1-5H3,(H,21,23)(H,22,24)/t12-,13+/m1/s1. The van der Waals surface area contributed by atoms with Gasteiger partial charge in [-0.1, -0.05) is 25.4 Å². The fraction of sp³-hybridized carbons (Fsp3) is 0.588. The molecule has 1 heterocycles. The van der Waals surface area contributed by atoms with Crippen molar-refractivity contribution < 1.29 is 13.9 Å². The maximum absolute atomic E-state index is 14.1. The van der Waals surface area contributed by atoms with Gasteiger partial charge in [0, 0.05) is 6.04 Å². The molecule has 0 aliphatic carbocycles. The number of nitrogens with zero attached hydrogens (tertiary/aromatic N) is 2. The highest BCUT2D eigenvalue weighted by atomic mass is 35.5. The molecule has 2 atom stereocenters. The molecular weight excluding hydrogens is 347 g/mol. The van der Waals surface area contributed by atoms with Crippen LogP contribution in [0.25, 0.3) is 0 Å². The summed E-state index contributed by atoms with van der Waals surface area (Å²) in [5, 5.41) is 14.5. The Morgan fingerprint density at radius 2 is 2.00 bits per heavy atom. The number of aromatic nitrogens is 1. The van der Waals surface area contributed by atoms with E-state index in [2.05, 4.69) is 15.6 Å². The van der Waals surface area contributed by atoms with Crippen LogP contribution in [0.4, 0.5) is 15.0 Å². The lowest BCUT2D eigenvalue weighted by Gasteiger charge is -2.29. The first-order chi connectivity index (χ1) is 11.6. The van der Waals surface area contributed by atoms with E-state index >= 15 is 0 Å². The van der Waals surface area contributed by atoms with E-state index in [9.17, 15) is 9.18 Å². The Kier molecular flexibility index (Phi) is 7.43. The number of halogens is 2. The number of amides is 1. The second-order valence-electron chi connectivity index (χ2n) is 6.59. The SMILES string of the molecule is CC[C@H](NC(=O)OC(C)(C)C)[C@@H](CC)Nc1nc(Cl)c(C#N)cc1F. The number of pyridine rings is 1. The Labute approximate surface area is 152 Å². The molecule has 0 aliphatic rings. The van der Waals surface area contributed by atoms with E-state index in [-0.39, 0.29) is 28.6 Å². The Balaban J connectivity index is 2.91. The third-order valence-electron chi connectivity index (χ3n) is 3.44. The number of hydrogen-bond donors (Lipinski definition) is 2. The summed E-state index contributed by atoms with van der Waals surface area (Å²) in [6.07, 6.45) is 0.676. The number of ether oxygens (including phenoxy) is 1. The van der Waals surface area contributed by atoms with Gasteiger partial charge in [0.05, 0.1) is 11.6 Å². The monoisotopic (exact) mass is 370 g/mol. The lowest BCUT2D eigenvalue weighted by atomic mass is 10.0. The molecule has 8 heteroatoms. The molecule has 1 amide bonds. The van der Waals surface area contributed by atoms with Gasteiger partial charge in [-0.15, -0.1) is 0 Å². The van der Waals surface area contributed by atoms with Crippen molar-refractivity contribution in [3.05, 3.63) is 22.6 Å². The van der Waals surface area contributed by atoms with Crippen molar-refractivity contribution in [3.8, 4) is 6.07 Å². The number of alkyl carbamates (subject to hydrolysis) is 1. The van der Waals surface area contributed by atoms with Crippen LogP contribution >= 0.6 is 11.6 Å². The number of carbonyl (C=O) groups excluding carboxylic acids is 1. The summed E-state index contributed by atoms with van der Waals surface area (Å²) >= 11 is 5.87. The average Bonchev–Trinajstić information content (AvgIpc) is 2.51. The number of anilines is 1. The van der Waals surface area contributed by atoms with Crippen molar-refractivity contribution in [2.75, 3.05) is 5.32 Å². The van der Waals surface area contributed by atoms with Crippen LogP contribution in [0.15, 0.2) is 6.07 Å². The normalized spacial score (nSPS) is 13.5. The molecule has 138 valence electrons. The maximum atomic E-state index is 14.1. The predicted molar refractivity (Wildman–Crippen MR) is 95.1 cm³/mol. The van der Waals surface area contributed by atoms with Gasteiger partial charge in [0.1, 0.15) is 16.8 Å². The molecule has 0 saturated heterocycles. The van der Waals surface area contributed by atoms with Crippen molar-refractivity contribution in [1.82, 2.24) is 10.3 Å². The van der Waals surface area contributed by atoms with E-state index in [0.717, 1.165) is 6.07 Å². The van der Waals surface area contributed by atoms with Crippen LogP contribution in [0.1, 0.15) is 53.0 Å². The van der Waals surface area contributed by atoms with Gasteiger partial charge in [-0.25, -0.2) is 14.2 Å². The number of rotatable bonds is 6. The van der Waals surface area contributed by atoms with Crippen LogP contribution in [-0.4, -0.2) is 28.8 Å². The summed E-state index contributed by atoms with van der Waals surface area (Å²) in [5.41, 5.74) is -0.636. The van der Waals surface area contributed by atoms with Gasteiger partial charge in [-0.05, 0) is 39.7 Å². The van der Waals surface area contributed by atoms with Crippen molar-refractivity contribution in [1.29, 1.82) is 5.26 Å². The zero-order chi connectivity index (χ0) is 19.2. The topological polar surface area (TPSA) is 87.0 Å². The summed E-state index contributed by atoms with van der Waals surface area (Å²) in [6.45, 7) is 9.14. The first-order valence-electron chi connectivity index (χ1n) is 8.13. The molecule has 1 rings (SSSR count). The van der Waals surface area contributed by atoms with Crippen LogP contribution in [-0.2, 0) is 4.74 Å². The number of carbonyl (C=O) groups is 1. The van der Waals surface area contributed by atoms with Gasteiger partial charge in [0.15, 0.2) is 11.6 Å². The minimum Gasteiger partial charge on any atom is -0.444 e. The van der Waals surface area contributed by atoms with Gasteiger partial charge in [0.2, 0.25) is 0 Å². The number of hydrogen-bond acceptors (Lipinski definition) is 5. The summed E-state index contributed by atoms with van der Waals surface area (Å²) in [6, 6.07) is 2.23. The van der Waals surface area contributed by atoms with Crippen molar-refractivity contribution in [2.45, 2.75) is 65.1 Å². The van der Waals surface area contributed by atoms with Gasteiger partial charge in [-0.2, -0.15) is 5.26 Å². The molecule has 0 fully saturated rings. The Hall–Kier alpha value is -2.07. The Morgan fingerprint density at radius 1 is 1.40 bits per heavy atom. The van der Waals surface area contributed by atoms with Crippen molar-refractivity contribution >= 4 is 23.5 Å². The first kappa shape index (κ1) is 21.0. The van der Waals surface area contributed by atoms with E-state index in [0.29, 0.717) is 12.8 Å². The molecule has 6 nitrogen and oxygen atoms in total. The van der Waals surface area contributed by atoms with Crippen LogP contribution in [0, 0.1) is 17.1 Å². The molecule has 0 aromatic carbocycles. The second kappa shape index (κ2) is 8.86. The molecule has 2 N–H and O–H groups in total. The molecule has 0 unspecified atom stereocenters. The van der Waals surface area contributed by atoms with Crippen molar-refractivity contribution in [3.63, 3.8) is 0 Å². The Morgan fingerprint density at radius 3 is 2.48 bits per heavy atom. The molecule has 0 spiro atoms. The molecular formula is C17H24ClFN4O2. The average molecular weight is 371 g/mol. The number of nitriles is 1. The van der Waals surface area contributed by atoms with E-state index in [1.807, 2.05) is 13.8 Å². The molecule has 25 heavy (non-hydrogen) atoms. The zero-order valence-electron chi connectivity index (χ0n) is 15.1. The lowest BCUT2D eigenvalue weighted by molar-refractivity contribution is 0.0497. The smallest absolute Gasteiger partial charge is 0.407 e. The fourth-order valence-corrected chi connectivity index (χ4v) is 2.44. The largest absolute Gasteiger partial charge is 0.444 e. The van der Waals surface area contributed by atoms with Gasteiger partial charge in [-0.3, -0.25) is 0 Å². The Bertz CT molecular complexity index is 655. The van der Waals surface area contributed by atoms with Crippen LogP contribution in [0.5, 0.6) is 0 Å². The molecule has 0 saturated carbocycles. The van der Waals surface area contributed by atoms with Crippen molar-refractivity contribution in [2.24, 2.45) is 0 Å². The van der Waals surface area contributed by atoms with Crippen LogP contribution in [0.2, 0.25) is 5.15 Å².